The first-order valence-electron chi connectivity index (χ1n) is 8.16. The summed E-state index contributed by atoms with van der Waals surface area (Å²) in [6.45, 7) is 0.143. The summed E-state index contributed by atoms with van der Waals surface area (Å²) in [6, 6.07) is 13.3. The fourth-order valence-electron chi connectivity index (χ4n) is 2.72. The minimum absolute atomic E-state index is 0.0225. The molecule has 1 fully saturated rings. The molecular formula is C19H17ClN2O4. The van der Waals surface area contributed by atoms with Gasteiger partial charge in [0.2, 0.25) is 5.91 Å². The van der Waals surface area contributed by atoms with Crippen LogP contribution in [0.25, 0.3) is 0 Å². The minimum atomic E-state index is -0.647. The minimum Gasteiger partial charge on any atom is -0.452 e. The van der Waals surface area contributed by atoms with Crippen molar-refractivity contribution < 1.29 is 19.1 Å². The number of benzene rings is 2. The maximum atomic E-state index is 12.4. The first-order chi connectivity index (χ1) is 12.5. The van der Waals surface area contributed by atoms with Crippen molar-refractivity contribution in [1.82, 2.24) is 0 Å². The molecule has 7 heteroatoms. The third-order valence-electron chi connectivity index (χ3n) is 3.95. The predicted octanol–water partition coefficient (Wildman–Crippen LogP) is 3.26. The number of nitrogens with one attached hydrogen (secondary N) is 1. The molecule has 2 aromatic carbocycles. The number of para-hydroxylation sites is 1. The van der Waals surface area contributed by atoms with E-state index in [1.54, 1.807) is 53.4 Å². The van der Waals surface area contributed by atoms with Crippen LogP contribution in [0.1, 0.15) is 23.2 Å². The zero-order valence-corrected chi connectivity index (χ0v) is 14.7. The van der Waals surface area contributed by atoms with Gasteiger partial charge in [-0.05, 0) is 42.8 Å². The van der Waals surface area contributed by atoms with Gasteiger partial charge in [-0.3, -0.25) is 9.59 Å². The summed E-state index contributed by atoms with van der Waals surface area (Å²) in [6.07, 6.45) is 1.22. The Bertz CT molecular complexity index is 836. The SMILES string of the molecule is O=C(COC(=O)c1ccccc1N1CCCC1=O)Nc1ccc(Cl)cc1. The number of hydrogen-bond donors (Lipinski definition) is 1. The molecule has 0 bridgehead atoms. The number of anilines is 2. The van der Waals surface area contributed by atoms with Crippen LogP contribution in [0, 0.1) is 0 Å². The summed E-state index contributed by atoms with van der Waals surface area (Å²) in [4.78, 5) is 37.8. The highest BCUT2D eigenvalue weighted by Crippen LogP contribution is 2.26. The van der Waals surface area contributed by atoms with E-state index >= 15 is 0 Å². The number of rotatable bonds is 5. The van der Waals surface area contributed by atoms with Gasteiger partial charge in [0.1, 0.15) is 0 Å². The normalized spacial score (nSPS) is 13.6. The third kappa shape index (κ3) is 4.21. The van der Waals surface area contributed by atoms with Crippen molar-refractivity contribution in [2.24, 2.45) is 0 Å². The van der Waals surface area contributed by atoms with Crippen molar-refractivity contribution in [3.63, 3.8) is 0 Å². The average Bonchev–Trinajstić information content (AvgIpc) is 3.07. The highest BCUT2D eigenvalue weighted by Gasteiger charge is 2.26. The lowest BCUT2D eigenvalue weighted by molar-refractivity contribution is -0.119. The van der Waals surface area contributed by atoms with Crippen LogP contribution < -0.4 is 10.2 Å². The lowest BCUT2D eigenvalue weighted by atomic mass is 10.1. The van der Waals surface area contributed by atoms with E-state index in [9.17, 15) is 14.4 Å². The fourth-order valence-corrected chi connectivity index (χ4v) is 2.85. The molecule has 1 saturated heterocycles. The van der Waals surface area contributed by atoms with Crippen molar-refractivity contribution in [2.75, 3.05) is 23.4 Å². The summed E-state index contributed by atoms with van der Waals surface area (Å²) < 4.78 is 5.11. The van der Waals surface area contributed by atoms with Crippen LogP contribution in [0.2, 0.25) is 5.02 Å². The monoisotopic (exact) mass is 372 g/mol. The van der Waals surface area contributed by atoms with E-state index < -0.39 is 18.5 Å². The van der Waals surface area contributed by atoms with E-state index in [2.05, 4.69) is 5.32 Å². The summed E-state index contributed by atoms with van der Waals surface area (Å²) >= 11 is 5.79. The molecule has 0 radical (unpaired) electrons. The molecule has 6 nitrogen and oxygen atoms in total. The topological polar surface area (TPSA) is 75.7 Å². The molecule has 0 aromatic heterocycles. The number of esters is 1. The molecule has 134 valence electrons. The molecule has 0 saturated carbocycles. The van der Waals surface area contributed by atoms with Crippen LogP contribution in [0.5, 0.6) is 0 Å². The smallest absolute Gasteiger partial charge is 0.340 e. The maximum Gasteiger partial charge on any atom is 0.340 e. The van der Waals surface area contributed by atoms with E-state index in [0.717, 1.165) is 6.42 Å². The van der Waals surface area contributed by atoms with Gasteiger partial charge in [0, 0.05) is 23.7 Å². The summed E-state index contributed by atoms with van der Waals surface area (Å²) in [5.74, 6) is -1.13. The van der Waals surface area contributed by atoms with E-state index in [0.29, 0.717) is 29.4 Å². The lowest BCUT2D eigenvalue weighted by Gasteiger charge is -2.18. The highest BCUT2D eigenvalue weighted by molar-refractivity contribution is 6.30. The largest absolute Gasteiger partial charge is 0.452 e. The molecule has 3 rings (SSSR count). The zero-order valence-electron chi connectivity index (χ0n) is 13.9. The quantitative estimate of drug-likeness (QED) is 0.817. The van der Waals surface area contributed by atoms with Crippen LogP contribution in [0.15, 0.2) is 48.5 Å². The molecule has 0 aliphatic carbocycles. The number of hydrogen-bond acceptors (Lipinski definition) is 4. The molecule has 0 unspecified atom stereocenters. The van der Waals surface area contributed by atoms with Gasteiger partial charge in [-0.2, -0.15) is 0 Å². The van der Waals surface area contributed by atoms with Crippen molar-refractivity contribution in [2.45, 2.75) is 12.8 Å². The summed E-state index contributed by atoms with van der Waals surface area (Å²) in [5.41, 5.74) is 1.33. The van der Waals surface area contributed by atoms with Gasteiger partial charge in [-0.1, -0.05) is 23.7 Å². The van der Waals surface area contributed by atoms with Gasteiger partial charge >= 0.3 is 5.97 Å². The van der Waals surface area contributed by atoms with Crippen molar-refractivity contribution >= 4 is 40.8 Å². The Labute approximate surface area is 155 Å². The molecule has 0 spiro atoms. The van der Waals surface area contributed by atoms with Gasteiger partial charge < -0.3 is 15.0 Å². The number of ether oxygens (including phenoxy) is 1. The van der Waals surface area contributed by atoms with Gasteiger partial charge in [-0.25, -0.2) is 4.79 Å². The fraction of sp³-hybridized carbons (Fsp3) is 0.211. The highest BCUT2D eigenvalue weighted by atomic mass is 35.5. The number of carbonyl (C=O) groups is 3. The molecule has 26 heavy (non-hydrogen) atoms. The van der Waals surface area contributed by atoms with Crippen molar-refractivity contribution in [3.8, 4) is 0 Å². The van der Waals surface area contributed by atoms with Crippen LogP contribution in [-0.4, -0.2) is 30.9 Å². The summed E-state index contributed by atoms with van der Waals surface area (Å²) in [5, 5.41) is 3.17. The van der Waals surface area contributed by atoms with Crippen LogP contribution >= 0.6 is 11.6 Å². The molecule has 2 aromatic rings. The third-order valence-corrected chi connectivity index (χ3v) is 4.20. The van der Waals surface area contributed by atoms with Crippen molar-refractivity contribution in [3.05, 3.63) is 59.1 Å². The van der Waals surface area contributed by atoms with Crippen LogP contribution in [-0.2, 0) is 14.3 Å². The Kier molecular flexibility index (Phi) is 5.53. The molecular weight excluding hydrogens is 356 g/mol. The second-order valence-electron chi connectivity index (χ2n) is 5.80. The van der Waals surface area contributed by atoms with E-state index in [-0.39, 0.29) is 11.5 Å². The Morgan fingerprint density at radius 2 is 1.85 bits per heavy atom. The number of carbonyl (C=O) groups excluding carboxylic acids is 3. The maximum absolute atomic E-state index is 12.4. The molecule has 2 amide bonds. The van der Waals surface area contributed by atoms with Crippen molar-refractivity contribution in [1.29, 1.82) is 0 Å². The second kappa shape index (κ2) is 8.01. The second-order valence-corrected chi connectivity index (χ2v) is 6.23. The standard InChI is InChI=1S/C19H17ClN2O4/c20-13-7-9-14(10-8-13)21-17(23)12-26-19(25)15-4-1-2-5-16(15)22-11-3-6-18(22)24/h1-2,4-5,7-10H,3,6,11-12H2,(H,21,23). The number of halogens is 1. The predicted molar refractivity (Wildman–Crippen MR) is 98.4 cm³/mol. The Morgan fingerprint density at radius 1 is 1.12 bits per heavy atom. The summed E-state index contributed by atoms with van der Waals surface area (Å²) in [7, 11) is 0. The Hall–Kier alpha value is -2.86. The molecule has 1 heterocycles. The van der Waals surface area contributed by atoms with Gasteiger partial charge in [0.05, 0.1) is 11.3 Å². The number of amides is 2. The average molecular weight is 373 g/mol. The van der Waals surface area contributed by atoms with E-state index in [1.165, 1.54) is 0 Å². The first-order valence-corrected chi connectivity index (χ1v) is 8.54. The van der Waals surface area contributed by atoms with E-state index in [1.807, 2.05) is 0 Å². The molecule has 1 aliphatic rings. The van der Waals surface area contributed by atoms with Gasteiger partial charge in [-0.15, -0.1) is 0 Å². The van der Waals surface area contributed by atoms with E-state index in [4.69, 9.17) is 16.3 Å². The Balaban J connectivity index is 1.62. The molecule has 1 N–H and O–H groups in total. The van der Waals surface area contributed by atoms with Crippen LogP contribution in [0.3, 0.4) is 0 Å². The Morgan fingerprint density at radius 3 is 2.54 bits per heavy atom. The number of nitrogens with zero attached hydrogens (tertiary/aromatic N) is 1. The molecule has 0 atom stereocenters. The zero-order chi connectivity index (χ0) is 18.5. The first kappa shape index (κ1) is 17.9. The van der Waals surface area contributed by atoms with Gasteiger partial charge in [0.25, 0.3) is 5.91 Å². The molecule has 1 aliphatic heterocycles. The van der Waals surface area contributed by atoms with Gasteiger partial charge in [0.15, 0.2) is 6.61 Å². The van der Waals surface area contributed by atoms with Crippen LogP contribution in [0.4, 0.5) is 11.4 Å². The lowest BCUT2D eigenvalue weighted by Crippen LogP contribution is -2.27.